The van der Waals surface area contributed by atoms with Crippen molar-refractivity contribution in [2.24, 2.45) is 4.99 Å². The van der Waals surface area contributed by atoms with Crippen molar-refractivity contribution >= 4 is 23.7 Å². The second-order valence-electron chi connectivity index (χ2n) is 5.24. The maximum Gasteiger partial charge on any atom is 0.0721 e. The summed E-state index contributed by atoms with van der Waals surface area (Å²) in [5.41, 5.74) is 4.45. The molecular formula is C18H22N2O. The molecule has 3 heteroatoms. The predicted molar refractivity (Wildman–Crippen MR) is 90.7 cm³/mol. The number of hydrogen-bond acceptors (Lipinski definition) is 3. The number of aliphatic hydroxyl groups excluding tert-OH is 1. The van der Waals surface area contributed by atoms with Gasteiger partial charge in [-0.05, 0) is 36.8 Å². The minimum Gasteiger partial charge on any atom is -0.394 e. The average molecular weight is 282 g/mol. The van der Waals surface area contributed by atoms with Crippen LogP contribution in [-0.4, -0.2) is 35.9 Å². The molecule has 0 aromatic heterocycles. The molecule has 1 fully saturated rings. The zero-order chi connectivity index (χ0) is 15.4. The molecule has 1 unspecified atom stereocenters. The van der Waals surface area contributed by atoms with Gasteiger partial charge in [0.15, 0.2) is 0 Å². The number of benzene rings is 1. The molecule has 21 heavy (non-hydrogen) atoms. The van der Waals surface area contributed by atoms with E-state index in [1.54, 1.807) is 6.08 Å². The Morgan fingerprint density at radius 1 is 1.43 bits per heavy atom. The molecule has 1 aromatic carbocycles. The number of nitrogens with zero attached hydrogens (tertiary/aromatic N) is 2. The van der Waals surface area contributed by atoms with Crippen molar-refractivity contribution in [3.05, 3.63) is 55.1 Å². The van der Waals surface area contributed by atoms with Crippen molar-refractivity contribution in [2.75, 3.05) is 13.2 Å². The Hall–Kier alpha value is -2.13. The molecule has 0 amide bonds. The van der Waals surface area contributed by atoms with Crippen LogP contribution >= 0.6 is 0 Å². The minimum atomic E-state index is 0.151. The monoisotopic (exact) mass is 282 g/mol. The van der Waals surface area contributed by atoms with Crippen LogP contribution in [0.4, 0.5) is 5.69 Å². The van der Waals surface area contributed by atoms with E-state index < -0.39 is 0 Å². The molecule has 0 spiro atoms. The zero-order valence-electron chi connectivity index (χ0n) is 12.4. The van der Waals surface area contributed by atoms with Gasteiger partial charge in [-0.15, -0.1) is 0 Å². The normalized spacial score (nSPS) is 17.6. The molecule has 1 aliphatic heterocycles. The quantitative estimate of drug-likeness (QED) is 0.638. The standard InChI is InChI=1S/C18H22N2O/c1-5-13(2)15-8-9-17(18(11-15)19-4)14(3)20-10-6-7-16(20)12-21/h5,8-9,11,16,21H,1-4,6-7,10,12H2. The van der Waals surface area contributed by atoms with Gasteiger partial charge < -0.3 is 10.0 Å². The van der Waals surface area contributed by atoms with Crippen LogP contribution in [0, 0.1) is 0 Å². The van der Waals surface area contributed by atoms with Crippen molar-refractivity contribution in [1.29, 1.82) is 0 Å². The van der Waals surface area contributed by atoms with Crippen molar-refractivity contribution in [3.63, 3.8) is 0 Å². The second-order valence-corrected chi connectivity index (χ2v) is 5.24. The van der Waals surface area contributed by atoms with Crippen LogP contribution in [0.3, 0.4) is 0 Å². The number of hydrogen-bond donors (Lipinski definition) is 1. The lowest BCUT2D eigenvalue weighted by atomic mass is 10.0. The Morgan fingerprint density at radius 3 is 2.81 bits per heavy atom. The van der Waals surface area contributed by atoms with Gasteiger partial charge in [0.25, 0.3) is 0 Å². The van der Waals surface area contributed by atoms with Gasteiger partial charge in [0.05, 0.1) is 18.3 Å². The summed E-state index contributed by atoms with van der Waals surface area (Å²) in [6.45, 7) is 16.6. The highest BCUT2D eigenvalue weighted by atomic mass is 16.3. The van der Waals surface area contributed by atoms with Crippen LogP contribution in [0.5, 0.6) is 0 Å². The third kappa shape index (κ3) is 2.98. The van der Waals surface area contributed by atoms with Gasteiger partial charge in [-0.3, -0.25) is 4.99 Å². The fourth-order valence-corrected chi connectivity index (χ4v) is 2.76. The molecule has 2 rings (SSSR count). The lowest BCUT2D eigenvalue weighted by Gasteiger charge is -2.28. The van der Waals surface area contributed by atoms with E-state index in [9.17, 15) is 5.11 Å². The van der Waals surface area contributed by atoms with E-state index in [4.69, 9.17) is 0 Å². The lowest BCUT2D eigenvalue weighted by molar-refractivity contribution is 0.203. The Labute approximate surface area is 126 Å². The molecule has 1 heterocycles. The van der Waals surface area contributed by atoms with E-state index in [0.717, 1.165) is 47.5 Å². The first kappa shape index (κ1) is 15.3. The Morgan fingerprint density at radius 2 is 2.19 bits per heavy atom. The SMILES string of the molecule is C=CC(=C)c1ccc(C(=C)N2CCCC2CO)c(N=C)c1. The highest BCUT2D eigenvalue weighted by Crippen LogP contribution is 2.34. The van der Waals surface area contributed by atoms with Crippen LogP contribution in [0.2, 0.25) is 0 Å². The summed E-state index contributed by atoms with van der Waals surface area (Å²) in [5, 5.41) is 9.47. The van der Waals surface area contributed by atoms with Gasteiger partial charge in [-0.25, -0.2) is 0 Å². The Bertz CT molecular complexity index is 589. The van der Waals surface area contributed by atoms with Crippen molar-refractivity contribution in [2.45, 2.75) is 18.9 Å². The van der Waals surface area contributed by atoms with Crippen molar-refractivity contribution in [3.8, 4) is 0 Å². The number of aliphatic hydroxyl groups is 1. The van der Waals surface area contributed by atoms with Gasteiger partial charge in [-0.1, -0.05) is 37.9 Å². The molecule has 110 valence electrons. The second kappa shape index (κ2) is 6.55. The number of likely N-dealkylation sites (tertiary alicyclic amines) is 1. The molecule has 0 bridgehead atoms. The molecular weight excluding hydrogens is 260 g/mol. The lowest BCUT2D eigenvalue weighted by Crippen LogP contribution is -2.30. The van der Waals surface area contributed by atoms with E-state index in [-0.39, 0.29) is 12.6 Å². The van der Waals surface area contributed by atoms with Crippen LogP contribution in [0.15, 0.2) is 49.0 Å². The maximum absolute atomic E-state index is 9.47. The summed E-state index contributed by atoms with van der Waals surface area (Å²) in [5.74, 6) is 0. The molecule has 0 radical (unpaired) electrons. The van der Waals surface area contributed by atoms with E-state index in [1.807, 2.05) is 18.2 Å². The first-order valence-corrected chi connectivity index (χ1v) is 7.11. The van der Waals surface area contributed by atoms with E-state index in [0.29, 0.717) is 0 Å². The molecule has 3 nitrogen and oxygen atoms in total. The summed E-state index contributed by atoms with van der Waals surface area (Å²) in [6, 6.07) is 6.08. The minimum absolute atomic E-state index is 0.151. The van der Waals surface area contributed by atoms with Crippen LogP contribution < -0.4 is 0 Å². The zero-order valence-corrected chi connectivity index (χ0v) is 12.4. The summed E-state index contributed by atoms with van der Waals surface area (Å²) >= 11 is 0. The van der Waals surface area contributed by atoms with E-state index in [2.05, 4.69) is 36.3 Å². The summed E-state index contributed by atoms with van der Waals surface area (Å²) in [4.78, 5) is 6.27. The third-order valence-corrected chi connectivity index (χ3v) is 4.03. The fourth-order valence-electron chi connectivity index (χ4n) is 2.76. The molecule has 1 aromatic rings. The number of allylic oxidation sites excluding steroid dienone is 2. The largest absolute Gasteiger partial charge is 0.394 e. The summed E-state index contributed by atoms with van der Waals surface area (Å²) in [6.07, 6.45) is 3.79. The van der Waals surface area contributed by atoms with E-state index >= 15 is 0 Å². The predicted octanol–water partition coefficient (Wildman–Crippen LogP) is 3.65. The first-order chi connectivity index (χ1) is 10.1. The van der Waals surface area contributed by atoms with Crippen molar-refractivity contribution < 1.29 is 5.11 Å². The van der Waals surface area contributed by atoms with Gasteiger partial charge >= 0.3 is 0 Å². The van der Waals surface area contributed by atoms with Crippen LogP contribution in [0.1, 0.15) is 24.0 Å². The topological polar surface area (TPSA) is 35.8 Å². The van der Waals surface area contributed by atoms with Gasteiger partial charge in [-0.2, -0.15) is 0 Å². The van der Waals surface area contributed by atoms with Crippen LogP contribution in [-0.2, 0) is 0 Å². The molecule has 0 aliphatic carbocycles. The highest BCUT2D eigenvalue weighted by Gasteiger charge is 2.26. The molecule has 0 saturated carbocycles. The number of aliphatic imine (C=N–C) groups is 1. The van der Waals surface area contributed by atoms with Gasteiger partial charge in [0, 0.05) is 17.8 Å². The molecule has 1 aliphatic rings. The van der Waals surface area contributed by atoms with Gasteiger partial charge in [0.2, 0.25) is 0 Å². The first-order valence-electron chi connectivity index (χ1n) is 7.11. The fraction of sp³-hybridized carbons (Fsp3) is 0.278. The molecule has 1 N–H and O–H groups in total. The smallest absolute Gasteiger partial charge is 0.0721 e. The van der Waals surface area contributed by atoms with Crippen molar-refractivity contribution in [1.82, 2.24) is 4.90 Å². The molecule has 1 atom stereocenters. The Kier molecular flexibility index (Phi) is 4.76. The third-order valence-electron chi connectivity index (χ3n) is 4.03. The van der Waals surface area contributed by atoms with Gasteiger partial charge in [0.1, 0.15) is 0 Å². The summed E-state index contributed by atoms with van der Waals surface area (Å²) < 4.78 is 0. The Balaban J connectivity index is 2.35. The summed E-state index contributed by atoms with van der Waals surface area (Å²) in [7, 11) is 0. The maximum atomic E-state index is 9.47. The highest BCUT2D eigenvalue weighted by molar-refractivity contribution is 5.80. The average Bonchev–Trinajstić information content (AvgIpc) is 3.01. The number of rotatable bonds is 6. The van der Waals surface area contributed by atoms with Crippen LogP contribution in [0.25, 0.3) is 11.3 Å². The molecule has 1 saturated heterocycles. The van der Waals surface area contributed by atoms with E-state index in [1.165, 1.54) is 0 Å².